The summed E-state index contributed by atoms with van der Waals surface area (Å²) in [6.07, 6.45) is 4.32. The van der Waals surface area contributed by atoms with Crippen molar-refractivity contribution in [1.29, 1.82) is 0 Å². The first-order chi connectivity index (χ1) is 10.2. The molecule has 5 heteroatoms. The lowest BCUT2D eigenvalue weighted by Gasteiger charge is -2.33. The van der Waals surface area contributed by atoms with Gasteiger partial charge >= 0.3 is 0 Å². The van der Waals surface area contributed by atoms with E-state index in [0.29, 0.717) is 17.5 Å². The quantitative estimate of drug-likeness (QED) is 0.900. The van der Waals surface area contributed by atoms with Crippen molar-refractivity contribution in [2.75, 3.05) is 25.7 Å². The highest BCUT2D eigenvalue weighted by Gasteiger charge is 2.34. The number of carbonyl (C=O) groups is 1. The minimum atomic E-state index is -0.0524. The summed E-state index contributed by atoms with van der Waals surface area (Å²) in [6, 6.07) is 6.08. The summed E-state index contributed by atoms with van der Waals surface area (Å²) in [5.41, 5.74) is 0.846. The fourth-order valence-corrected chi connectivity index (χ4v) is 2.77. The van der Waals surface area contributed by atoms with Gasteiger partial charge in [0, 0.05) is 30.8 Å². The number of methoxy groups -OCH3 is 2. The van der Waals surface area contributed by atoms with Gasteiger partial charge in [-0.05, 0) is 25.7 Å². The van der Waals surface area contributed by atoms with Crippen LogP contribution in [0.4, 0.5) is 5.69 Å². The second kappa shape index (κ2) is 5.93. The molecule has 1 N–H and O–H groups in total. The second-order valence-electron chi connectivity index (χ2n) is 5.70. The van der Waals surface area contributed by atoms with Crippen molar-refractivity contribution in [3.8, 4) is 11.5 Å². The van der Waals surface area contributed by atoms with Crippen LogP contribution in [0.15, 0.2) is 18.2 Å². The Labute approximate surface area is 125 Å². The van der Waals surface area contributed by atoms with E-state index in [2.05, 4.69) is 5.32 Å². The van der Waals surface area contributed by atoms with Crippen LogP contribution in [0.5, 0.6) is 11.5 Å². The summed E-state index contributed by atoms with van der Waals surface area (Å²) in [5, 5.41) is 3.45. The Bertz CT molecular complexity index is 506. The number of ether oxygens (including phenoxy) is 2. The van der Waals surface area contributed by atoms with Crippen LogP contribution < -0.4 is 19.7 Å². The molecule has 1 aromatic carbocycles. The Balaban J connectivity index is 1.82. The molecule has 1 unspecified atom stereocenters. The number of hydrogen-bond acceptors (Lipinski definition) is 4. The van der Waals surface area contributed by atoms with Gasteiger partial charge in [-0.1, -0.05) is 0 Å². The summed E-state index contributed by atoms with van der Waals surface area (Å²) in [6.45, 7) is 0.748. The largest absolute Gasteiger partial charge is 0.497 e. The van der Waals surface area contributed by atoms with E-state index in [1.165, 1.54) is 12.8 Å². The summed E-state index contributed by atoms with van der Waals surface area (Å²) < 4.78 is 10.6. The molecule has 1 atom stereocenters. The lowest BCUT2D eigenvalue weighted by Crippen LogP contribution is -2.51. The highest BCUT2D eigenvalue weighted by Crippen LogP contribution is 2.31. The zero-order chi connectivity index (χ0) is 14.8. The monoisotopic (exact) mass is 290 g/mol. The molecule has 1 amide bonds. The van der Waals surface area contributed by atoms with Crippen LogP contribution in [0.2, 0.25) is 0 Å². The number of nitrogens with one attached hydrogen (secondary N) is 1. The Morgan fingerprint density at radius 1 is 1.10 bits per heavy atom. The van der Waals surface area contributed by atoms with E-state index in [-0.39, 0.29) is 11.9 Å². The molecule has 0 bridgehead atoms. The fraction of sp³-hybridized carbons (Fsp3) is 0.562. The van der Waals surface area contributed by atoms with Gasteiger partial charge in [0.05, 0.1) is 25.9 Å². The first-order valence-corrected chi connectivity index (χ1v) is 7.52. The topological polar surface area (TPSA) is 50.8 Å². The molecule has 1 aromatic rings. The lowest BCUT2D eigenvalue weighted by molar-refractivity contribution is -0.121. The van der Waals surface area contributed by atoms with Crippen molar-refractivity contribution < 1.29 is 14.3 Å². The average molecular weight is 290 g/mol. The van der Waals surface area contributed by atoms with Crippen LogP contribution in [-0.4, -0.2) is 38.8 Å². The standard InChI is InChI=1S/C16H22N2O3/c1-20-13-8-12(9-14(10-13)21-2)18-7-3-4-15(16(18)19)17-11-5-6-11/h8-11,15,17H,3-7H2,1-2H3. The first kappa shape index (κ1) is 14.2. The van der Waals surface area contributed by atoms with E-state index in [1.54, 1.807) is 14.2 Å². The number of piperidine rings is 1. The third-order valence-corrected chi connectivity index (χ3v) is 4.10. The molecule has 114 valence electrons. The zero-order valence-electron chi connectivity index (χ0n) is 12.6. The van der Waals surface area contributed by atoms with E-state index in [9.17, 15) is 4.79 Å². The van der Waals surface area contributed by atoms with E-state index in [4.69, 9.17) is 9.47 Å². The van der Waals surface area contributed by atoms with Gasteiger partial charge in [-0.2, -0.15) is 0 Å². The number of amides is 1. The van der Waals surface area contributed by atoms with Gasteiger partial charge in [0.2, 0.25) is 5.91 Å². The molecule has 21 heavy (non-hydrogen) atoms. The van der Waals surface area contributed by atoms with Gasteiger partial charge in [-0.25, -0.2) is 0 Å². The van der Waals surface area contributed by atoms with Crippen LogP contribution >= 0.6 is 0 Å². The lowest BCUT2D eigenvalue weighted by atomic mass is 10.0. The summed E-state index contributed by atoms with van der Waals surface area (Å²) in [7, 11) is 3.24. The van der Waals surface area contributed by atoms with E-state index in [1.807, 2.05) is 23.1 Å². The van der Waals surface area contributed by atoms with E-state index >= 15 is 0 Å². The number of benzene rings is 1. The molecular weight excluding hydrogens is 268 g/mol. The molecule has 0 radical (unpaired) electrons. The number of hydrogen-bond donors (Lipinski definition) is 1. The Morgan fingerprint density at radius 3 is 2.33 bits per heavy atom. The normalized spacial score (nSPS) is 22.3. The van der Waals surface area contributed by atoms with Crippen molar-refractivity contribution in [2.45, 2.75) is 37.8 Å². The molecule has 3 rings (SSSR count). The zero-order valence-corrected chi connectivity index (χ0v) is 12.6. The average Bonchev–Trinajstić information content (AvgIpc) is 3.33. The van der Waals surface area contributed by atoms with Gasteiger partial charge in [-0.15, -0.1) is 0 Å². The third-order valence-electron chi connectivity index (χ3n) is 4.10. The molecule has 2 aliphatic rings. The van der Waals surface area contributed by atoms with Crippen LogP contribution in [0.25, 0.3) is 0 Å². The first-order valence-electron chi connectivity index (χ1n) is 7.52. The third kappa shape index (κ3) is 3.13. The predicted molar refractivity (Wildman–Crippen MR) is 81.1 cm³/mol. The molecule has 2 fully saturated rings. The highest BCUT2D eigenvalue weighted by molar-refractivity contribution is 5.98. The second-order valence-corrected chi connectivity index (χ2v) is 5.70. The van der Waals surface area contributed by atoms with Gasteiger partial charge in [0.25, 0.3) is 0 Å². The summed E-state index contributed by atoms with van der Waals surface area (Å²) >= 11 is 0. The van der Waals surface area contributed by atoms with Gasteiger partial charge in [0.15, 0.2) is 0 Å². The molecular formula is C16H22N2O3. The SMILES string of the molecule is COc1cc(OC)cc(N2CCCC(NC3CC3)C2=O)c1. The number of nitrogens with zero attached hydrogens (tertiary/aromatic N) is 1. The van der Waals surface area contributed by atoms with Gasteiger partial charge in [-0.3, -0.25) is 4.79 Å². The molecule has 1 saturated carbocycles. The van der Waals surface area contributed by atoms with Crippen molar-refractivity contribution in [3.05, 3.63) is 18.2 Å². The maximum absolute atomic E-state index is 12.7. The Kier molecular flexibility index (Phi) is 4.01. The molecule has 1 saturated heterocycles. The number of carbonyl (C=O) groups excluding carboxylic acids is 1. The smallest absolute Gasteiger partial charge is 0.244 e. The van der Waals surface area contributed by atoms with Crippen LogP contribution in [0.1, 0.15) is 25.7 Å². The molecule has 5 nitrogen and oxygen atoms in total. The predicted octanol–water partition coefficient (Wildman–Crippen LogP) is 1.95. The van der Waals surface area contributed by atoms with E-state index in [0.717, 1.165) is 25.1 Å². The Hall–Kier alpha value is -1.75. The van der Waals surface area contributed by atoms with Crippen LogP contribution in [0, 0.1) is 0 Å². The van der Waals surface area contributed by atoms with Crippen LogP contribution in [-0.2, 0) is 4.79 Å². The van der Waals surface area contributed by atoms with Gasteiger partial charge < -0.3 is 19.7 Å². The molecule has 1 aliphatic carbocycles. The summed E-state index contributed by atoms with van der Waals surface area (Å²) in [5.74, 6) is 1.56. The Morgan fingerprint density at radius 2 is 1.76 bits per heavy atom. The fourth-order valence-electron chi connectivity index (χ4n) is 2.77. The van der Waals surface area contributed by atoms with Crippen molar-refractivity contribution >= 4 is 11.6 Å². The minimum Gasteiger partial charge on any atom is -0.497 e. The molecule has 1 heterocycles. The van der Waals surface area contributed by atoms with Gasteiger partial charge in [0.1, 0.15) is 11.5 Å². The number of rotatable bonds is 5. The van der Waals surface area contributed by atoms with Crippen molar-refractivity contribution in [2.24, 2.45) is 0 Å². The minimum absolute atomic E-state index is 0.0524. The molecule has 0 aromatic heterocycles. The number of anilines is 1. The van der Waals surface area contributed by atoms with E-state index < -0.39 is 0 Å². The maximum Gasteiger partial charge on any atom is 0.244 e. The van der Waals surface area contributed by atoms with Crippen molar-refractivity contribution in [1.82, 2.24) is 5.32 Å². The van der Waals surface area contributed by atoms with Crippen LogP contribution in [0.3, 0.4) is 0 Å². The molecule has 0 spiro atoms. The summed E-state index contributed by atoms with van der Waals surface area (Å²) in [4.78, 5) is 14.5. The van der Waals surface area contributed by atoms with Crippen molar-refractivity contribution in [3.63, 3.8) is 0 Å². The maximum atomic E-state index is 12.7. The molecule has 1 aliphatic heterocycles. The highest BCUT2D eigenvalue weighted by atomic mass is 16.5.